The largest absolute Gasteiger partial charge is 0.318 e. The molecule has 0 bridgehead atoms. The molecule has 13 heavy (non-hydrogen) atoms. The van der Waals surface area contributed by atoms with E-state index in [9.17, 15) is 8.42 Å². The van der Waals surface area contributed by atoms with Crippen molar-refractivity contribution in [3.63, 3.8) is 0 Å². The molecule has 0 aromatic rings. The smallest absolute Gasteiger partial charge is 0.215 e. The molecule has 0 saturated heterocycles. The molecule has 1 unspecified atom stereocenters. The summed E-state index contributed by atoms with van der Waals surface area (Å²) in [7, 11) is -1.34. The highest BCUT2D eigenvalue weighted by atomic mass is 32.2. The van der Waals surface area contributed by atoms with E-state index in [-0.39, 0.29) is 11.3 Å². The molecule has 4 nitrogen and oxygen atoms in total. The summed E-state index contributed by atoms with van der Waals surface area (Å²) in [5.41, 5.74) is 0. The quantitative estimate of drug-likeness (QED) is 0.669. The van der Waals surface area contributed by atoms with Crippen molar-refractivity contribution < 1.29 is 8.42 Å². The van der Waals surface area contributed by atoms with Gasteiger partial charge in [0.15, 0.2) is 0 Å². The first-order valence-corrected chi connectivity index (χ1v) is 6.26. The molecule has 5 heteroatoms. The predicted molar refractivity (Wildman–Crippen MR) is 53.1 cm³/mol. The van der Waals surface area contributed by atoms with Gasteiger partial charge in [0, 0.05) is 12.6 Å². The summed E-state index contributed by atoms with van der Waals surface area (Å²) in [6.45, 7) is 2.22. The normalized spacial score (nSPS) is 21.1. The van der Waals surface area contributed by atoms with Gasteiger partial charge in [0.1, 0.15) is 0 Å². The molecule has 0 heterocycles. The summed E-state index contributed by atoms with van der Waals surface area (Å²) >= 11 is 0. The summed E-state index contributed by atoms with van der Waals surface area (Å²) in [5, 5.41) is 2.51. The second-order valence-electron chi connectivity index (χ2n) is 3.66. The first-order valence-electron chi connectivity index (χ1n) is 4.72. The van der Waals surface area contributed by atoms with Crippen LogP contribution in [0.25, 0.3) is 0 Å². The van der Waals surface area contributed by atoms with Crippen LogP contribution in [0, 0.1) is 0 Å². The fourth-order valence-electron chi connectivity index (χ4n) is 1.27. The van der Waals surface area contributed by atoms with Crippen molar-refractivity contribution in [2.75, 3.05) is 13.6 Å². The summed E-state index contributed by atoms with van der Waals surface area (Å²) in [4.78, 5) is 0. The highest BCUT2D eigenvalue weighted by molar-refractivity contribution is 7.90. The van der Waals surface area contributed by atoms with Gasteiger partial charge in [-0.1, -0.05) is 6.42 Å². The third kappa shape index (κ3) is 2.93. The zero-order valence-electron chi connectivity index (χ0n) is 8.21. The molecule has 1 saturated carbocycles. The zero-order chi connectivity index (χ0) is 9.90. The van der Waals surface area contributed by atoms with Crippen LogP contribution in [0.15, 0.2) is 0 Å². The number of hydrogen-bond donors (Lipinski definition) is 2. The summed E-state index contributed by atoms with van der Waals surface area (Å²) in [6.07, 6.45) is 3.13. The Kier molecular flexibility index (Phi) is 3.70. The van der Waals surface area contributed by atoms with Crippen molar-refractivity contribution in [3.8, 4) is 0 Å². The van der Waals surface area contributed by atoms with Crippen LogP contribution in [-0.2, 0) is 10.0 Å². The lowest BCUT2D eigenvalue weighted by Crippen LogP contribution is -2.45. The Balaban J connectivity index is 2.43. The molecule has 0 radical (unpaired) electrons. The minimum Gasteiger partial charge on any atom is -0.318 e. The maximum Gasteiger partial charge on any atom is 0.215 e. The average molecular weight is 206 g/mol. The van der Waals surface area contributed by atoms with Gasteiger partial charge in [0.2, 0.25) is 10.0 Å². The Morgan fingerprint density at radius 2 is 2.08 bits per heavy atom. The highest BCUT2D eigenvalue weighted by Crippen LogP contribution is 2.19. The second kappa shape index (κ2) is 4.39. The molecule has 1 atom stereocenters. The lowest BCUT2D eigenvalue weighted by molar-refractivity contribution is 0.381. The van der Waals surface area contributed by atoms with E-state index in [1.807, 2.05) is 0 Å². The molecule has 78 valence electrons. The molecule has 2 N–H and O–H groups in total. The Morgan fingerprint density at radius 1 is 1.46 bits per heavy atom. The van der Waals surface area contributed by atoms with Gasteiger partial charge in [0.05, 0.1) is 5.25 Å². The van der Waals surface area contributed by atoms with E-state index in [4.69, 9.17) is 0 Å². The number of nitrogens with one attached hydrogen (secondary N) is 2. The zero-order valence-corrected chi connectivity index (χ0v) is 9.02. The Morgan fingerprint density at radius 3 is 2.46 bits per heavy atom. The molecule has 1 fully saturated rings. The van der Waals surface area contributed by atoms with Crippen LogP contribution in [0.5, 0.6) is 0 Å². The first kappa shape index (κ1) is 10.9. The van der Waals surface area contributed by atoms with Crippen molar-refractivity contribution in [2.45, 2.75) is 37.5 Å². The van der Waals surface area contributed by atoms with Crippen LogP contribution in [0.4, 0.5) is 0 Å². The topological polar surface area (TPSA) is 58.2 Å². The molecule has 1 rings (SSSR count). The van der Waals surface area contributed by atoms with Gasteiger partial charge >= 0.3 is 0 Å². The van der Waals surface area contributed by atoms with Crippen molar-refractivity contribution in [2.24, 2.45) is 0 Å². The predicted octanol–water partition coefficient (Wildman–Crippen LogP) is 0.0662. The second-order valence-corrected chi connectivity index (χ2v) is 5.79. The molecule has 0 amide bonds. The van der Waals surface area contributed by atoms with Gasteiger partial charge in [-0.15, -0.1) is 0 Å². The summed E-state index contributed by atoms with van der Waals surface area (Å²) in [6, 6.07) is 0.198. The van der Waals surface area contributed by atoms with Crippen LogP contribution < -0.4 is 10.0 Å². The maximum absolute atomic E-state index is 11.6. The maximum atomic E-state index is 11.6. The van der Waals surface area contributed by atoms with Gasteiger partial charge in [-0.05, 0) is 26.8 Å². The van der Waals surface area contributed by atoms with Gasteiger partial charge in [-0.25, -0.2) is 13.1 Å². The van der Waals surface area contributed by atoms with Crippen molar-refractivity contribution in [1.82, 2.24) is 10.0 Å². The summed E-state index contributed by atoms with van der Waals surface area (Å²) in [5.74, 6) is 0. The van der Waals surface area contributed by atoms with Gasteiger partial charge in [-0.3, -0.25) is 0 Å². The van der Waals surface area contributed by atoms with Crippen LogP contribution in [-0.4, -0.2) is 33.3 Å². The monoisotopic (exact) mass is 206 g/mol. The molecule has 0 aliphatic heterocycles. The van der Waals surface area contributed by atoms with Crippen LogP contribution in [0.2, 0.25) is 0 Å². The summed E-state index contributed by atoms with van der Waals surface area (Å²) < 4.78 is 25.9. The first-order chi connectivity index (χ1) is 6.06. The molecular formula is C8H18N2O2S. The molecule has 1 aliphatic rings. The minimum absolute atomic E-state index is 0.198. The van der Waals surface area contributed by atoms with Gasteiger partial charge in [0.25, 0.3) is 0 Å². The molecule has 0 aromatic heterocycles. The van der Waals surface area contributed by atoms with Crippen LogP contribution in [0.3, 0.4) is 0 Å². The Labute approximate surface area is 80.1 Å². The van der Waals surface area contributed by atoms with Crippen molar-refractivity contribution >= 4 is 10.0 Å². The van der Waals surface area contributed by atoms with Crippen LogP contribution in [0.1, 0.15) is 26.2 Å². The van der Waals surface area contributed by atoms with E-state index in [1.54, 1.807) is 14.0 Å². The molecule has 1 aliphatic carbocycles. The van der Waals surface area contributed by atoms with Crippen LogP contribution >= 0.6 is 0 Å². The highest BCUT2D eigenvalue weighted by Gasteiger charge is 2.26. The fourth-order valence-corrected chi connectivity index (χ4v) is 2.59. The van der Waals surface area contributed by atoms with E-state index < -0.39 is 10.0 Å². The van der Waals surface area contributed by atoms with E-state index in [0.29, 0.717) is 6.54 Å². The number of rotatable bonds is 5. The average Bonchev–Trinajstić information content (AvgIpc) is 1.98. The molecular weight excluding hydrogens is 188 g/mol. The standard InChI is InChI=1S/C8H18N2O2S/c1-7(6-9-2)13(11,12)10-8-4-3-5-8/h7-10H,3-6H2,1-2H3. The van der Waals surface area contributed by atoms with Crippen molar-refractivity contribution in [3.05, 3.63) is 0 Å². The van der Waals surface area contributed by atoms with E-state index >= 15 is 0 Å². The van der Waals surface area contributed by atoms with E-state index in [1.165, 1.54) is 0 Å². The molecule has 0 spiro atoms. The third-order valence-electron chi connectivity index (χ3n) is 2.46. The van der Waals surface area contributed by atoms with Gasteiger partial charge in [-0.2, -0.15) is 0 Å². The fraction of sp³-hybridized carbons (Fsp3) is 1.00. The van der Waals surface area contributed by atoms with E-state index in [2.05, 4.69) is 10.0 Å². The lowest BCUT2D eigenvalue weighted by atomic mass is 9.94. The number of hydrogen-bond acceptors (Lipinski definition) is 3. The Bertz CT molecular complexity index is 247. The Hall–Kier alpha value is -0.130. The van der Waals surface area contributed by atoms with Gasteiger partial charge < -0.3 is 5.32 Å². The third-order valence-corrected chi connectivity index (χ3v) is 4.35. The minimum atomic E-state index is -3.10. The van der Waals surface area contributed by atoms with Crippen molar-refractivity contribution in [1.29, 1.82) is 0 Å². The lowest BCUT2D eigenvalue weighted by Gasteiger charge is -2.27. The van der Waals surface area contributed by atoms with E-state index in [0.717, 1.165) is 19.3 Å². The number of sulfonamides is 1. The SMILES string of the molecule is CNCC(C)S(=O)(=O)NC1CCC1. The molecule has 0 aromatic carbocycles.